The average Bonchev–Trinajstić information content (AvgIpc) is 2.78. The Kier molecular flexibility index (Phi) is 7.66. The Hall–Kier alpha value is -3.60. The van der Waals surface area contributed by atoms with Crippen LogP contribution in [0.15, 0.2) is 91.0 Å². The van der Waals surface area contributed by atoms with Crippen LogP contribution in [-0.4, -0.2) is 17.7 Å². The minimum Gasteiger partial charge on any atom is -0.459 e. The van der Waals surface area contributed by atoms with Gasteiger partial charge in [0.1, 0.15) is 18.1 Å². The van der Waals surface area contributed by atoms with Gasteiger partial charge in [-0.3, -0.25) is 4.79 Å². The third-order valence-corrected chi connectivity index (χ3v) is 4.80. The van der Waals surface area contributed by atoms with E-state index in [4.69, 9.17) is 9.47 Å². The van der Waals surface area contributed by atoms with Crippen molar-refractivity contribution in [2.75, 3.05) is 0 Å². The number of ether oxygens (including phenoxy) is 2. The minimum absolute atomic E-state index is 0.136. The lowest BCUT2D eigenvalue weighted by molar-refractivity contribution is -0.157. The zero-order valence-electron chi connectivity index (χ0n) is 18.7. The highest BCUT2D eigenvalue weighted by Gasteiger charge is 2.36. The normalized spacial score (nSPS) is 13.0. The Labute approximate surface area is 189 Å². The second-order valence-electron chi connectivity index (χ2n) is 8.52. The van der Waals surface area contributed by atoms with Crippen molar-refractivity contribution in [2.24, 2.45) is 0 Å². The lowest BCUT2D eigenvalue weighted by Crippen LogP contribution is -2.38. The molecule has 166 valence electrons. The van der Waals surface area contributed by atoms with Crippen LogP contribution in [0, 0.1) is 0 Å². The minimum atomic E-state index is -0.748. The van der Waals surface area contributed by atoms with E-state index >= 15 is 0 Å². The number of carbonyl (C=O) groups is 2. The summed E-state index contributed by atoms with van der Waals surface area (Å²) < 4.78 is 11.2. The number of esters is 1. The summed E-state index contributed by atoms with van der Waals surface area (Å²) in [4.78, 5) is 26.1. The van der Waals surface area contributed by atoms with E-state index in [1.165, 1.54) is 0 Å². The molecule has 0 heterocycles. The maximum atomic E-state index is 13.3. The molecular weight excluding hydrogens is 402 g/mol. The molecule has 0 fully saturated rings. The maximum Gasteiger partial charge on any atom is 0.407 e. The van der Waals surface area contributed by atoms with Gasteiger partial charge in [-0.05, 0) is 37.5 Å². The van der Waals surface area contributed by atoms with Gasteiger partial charge in [0.05, 0.1) is 6.04 Å². The van der Waals surface area contributed by atoms with Crippen LogP contribution < -0.4 is 5.32 Å². The second kappa shape index (κ2) is 10.6. The van der Waals surface area contributed by atoms with Crippen molar-refractivity contribution in [3.05, 3.63) is 108 Å². The summed E-state index contributed by atoms with van der Waals surface area (Å²) in [5.41, 5.74) is 1.74. The number of hydrogen-bond donors (Lipinski definition) is 1. The third-order valence-electron chi connectivity index (χ3n) is 4.80. The molecule has 0 saturated carbocycles. The van der Waals surface area contributed by atoms with Crippen molar-refractivity contribution in [3.63, 3.8) is 0 Å². The lowest BCUT2D eigenvalue weighted by atomic mass is 9.87. The SMILES string of the molecule is CC(C)(C)OC(=O)[C@H](c1ccccc1)[C@@H](NC(=O)OCc1ccccc1)c1ccccc1. The van der Waals surface area contributed by atoms with Gasteiger partial charge in [0.15, 0.2) is 0 Å². The first-order valence-corrected chi connectivity index (χ1v) is 10.6. The standard InChI is InChI=1S/C27H29NO4/c1-27(2,3)32-25(29)23(21-15-9-5-10-16-21)24(22-17-11-6-12-18-22)28-26(30)31-19-20-13-7-4-8-14-20/h4-18,23-24H,19H2,1-3H3,(H,28,30)/t23-,24+/m1/s1. The molecule has 0 aliphatic carbocycles. The van der Waals surface area contributed by atoms with E-state index in [2.05, 4.69) is 5.32 Å². The highest BCUT2D eigenvalue weighted by molar-refractivity contribution is 5.81. The van der Waals surface area contributed by atoms with Crippen LogP contribution >= 0.6 is 0 Å². The molecule has 3 aromatic carbocycles. The first-order valence-electron chi connectivity index (χ1n) is 10.6. The first-order chi connectivity index (χ1) is 15.3. The number of benzene rings is 3. The summed E-state index contributed by atoms with van der Waals surface area (Å²) >= 11 is 0. The molecule has 0 aromatic heterocycles. The smallest absolute Gasteiger partial charge is 0.407 e. The van der Waals surface area contributed by atoms with Crippen LogP contribution in [0.5, 0.6) is 0 Å². The predicted molar refractivity (Wildman–Crippen MR) is 124 cm³/mol. The van der Waals surface area contributed by atoms with Gasteiger partial charge in [-0.15, -0.1) is 0 Å². The number of carbonyl (C=O) groups excluding carboxylic acids is 2. The molecular formula is C27H29NO4. The molecule has 0 spiro atoms. The van der Waals surface area contributed by atoms with Gasteiger partial charge >= 0.3 is 12.1 Å². The van der Waals surface area contributed by atoms with Crippen LogP contribution in [0.1, 0.15) is 49.4 Å². The molecule has 5 nitrogen and oxygen atoms in total. The van der Waals surface area contributed by atoms with E-state index < -0.39 is 29.6 Å². The van der Waals surface area contributed by atoms with E-state index in [1.54, 1.807) is 0 Å². The molecule has 0 aliphatic rings. The highest BCUT2D eigenvalue weighted by atomic mass is 16.6. The van der Waals surface area contributed by atoms with Gasteiger partial charge < -0.3 is 14.8 Å². The topological polar surface area (TPSA) is 64.6 Å². The molecule has 0 saturated heterocycles. The number of amides is 1. The van der Waals surface area contributed by atoms with Crippen LogP contribution in [0.3, 0.4) is 0 Å². The number of nitrogens with one attached hydrogen (secondary N) is 1. The largest absolute Gasteiger partial charge is 0.459 e. The second-order valence-corrected chi connectivity index (χ2v) is 8.52. The van der Waals surface area contributed by atoms with Crippen LogP contribution in [0.25, 0.3) is 0 Å². The van der Waals surface area contributed by atoms with E-state index in [-0.39, 0.29) is 6.61 Å². The van der Waals surface area contributed by atoms with Gasteiger partial charge in [0.2, 0.25) is 0 Å². The van der Waals surface area contributed by atoms with Crippen molar-refractivity contribution in [3.8, 4) is 0 Å². The van der Waals surface area contributed by atoms with Crippen molar-refractivity contribution in [1.29, 1.82) is 0 Å². The number of rotatable bonds is 7. The summed E-state index contributed by atoms with van der Waals surface area (Å²) in [6.45, 7) is 5.61. The molecule has 2 atom stereocenters. The van der Waals surface area contributed by atoms with E-state index in [1.807, 2.05) is 112 Å². The predicted octanol–water partition coefficient (Wildman–Crippen LogP) is 5.78. The fourth-order valence-corrected chi connectivity index (χ4v) is 3.40. The molecule has 5 heteroatoms. The Bertz CT molecular complexity index is 998. The van der Waals surface area contributed by atoms with Crippen molar-refractivity contribution < 1.29 is 19.1 Å². The van der Waals surface area contributed by atoms with Crippen molar-refractivity contribution in [2.45, 2.75) is 44.9 Å². The molecule has 0 aliphatic heterocycles. The summed E-state index contributed by atoms with van der Waals surface area (Å²) in [5, 5.41) is 2.91. The maximum absolute atomic E-state index is 13.3. The Morgan fingerprint density at radius 3 is 1.81 bits per heavy atom. The molecule has 3 aromatic rings. The van der Waals surface area contributed by atoms with Gasteiger partial charge in [-0.25, -0.2) is 4.79 Å². The molecule has 0 bridgehead atoms. The fourth-order valence-electron chi connectivity index (χ4n) is 3.40. The number of hydrogen-bond acceptors (Lipinski definition) is 4. The van der Waals surface area contributed by atoms with E-state index in [0.29, 0.717) is 0 Å². The third kappa shape index (κ3) is 6.71. The Morgan fingerprint density at radius 1 is 0.781 bits per heavy atom. The molecule has 1 N–H and O–H groups in total. The van der Waals surface area contributed by atoms with Crippen LogP contribution in [0.4, 0.5) is 4.79 Å². The summed E-state index contributed by atoms with van der Waals surface area (Å²) in [5.74, 6) is -1.16. The zero-order chi connectivity index (χ0) is 23.0. The van der Waals surface area contributed by atoms with Crippen LogP contribution in [0.2, 0.25) is 0 Å². The molecule has 3 rings (SSSR count). The molecule has 1 amide bonds. The Balaban J connectivity index is 1.90. The van der Waals surface area contributed by atoms with E-state index in [9.17, 15) is 9.59 Å². The zero-order valence-corrected chi connectivity index (χ0v) is 18.7. The average molecular weight is 432 g/mol. The van der Waals surface area contributed by atoms with E-state index in [0.717, 1.165) is 16.7 Å². The van der Waals surface area contributed by atoms with Crippen LogP contribution in [-0.2, 0) is 20.9 Å². The lowest BCUT2D eigenvalue weighted by Gasteiger charge is -2.30. The fraction of sp³-hybridized carbons (Fsp3) is 0.259. The monoisotopic (exact) mass is 431 g/mol. The summed E-state index contributed by atoms with van der Waals surface area (Å²) in [6, 6.07) is 27.5. The first kappa shape index (κ1) is 23.1. The van der Waals surface area contributed by atoms with Crippen molar-refractivity contribution >= 4 is 12.1 Å². The van der Waals surface area contributed by atoms with Crippen molar-refractivity contribution in [1.82, 2.24) is 5.32 Å². The highest BCUT2D eigenvalue weighted by Crippen LogP contribution is 2.33. The summed E-state index contributed by atoms with van der Waals surface area (Å²) in [7, 11) is 0. The number of alkyl carbamates (subject to hydrolysis) is 1. The van der Waals surface area contributed by atoms with Gasteiger partial charge in [0.25, 0.3) is 0 Å². The molecule has 0 unspecified atom stereocenters. The molecule has 0 radical (unpaired) electrons. The quantitative estimate of drug-likeness (QED) is 0.482. The summed E-state index contributed by atoms with van der Waals surface area (Å²) in [6.07, 6.45) is -0.604. The van der Waals surface area contributed by atoms with Gasteiger partial charge in [-0.2, -0.15) is 0 Å². The van der Waals surface area contributed by atoms with Gasteiger partial charge in [0, 0.05) is 0 Å². The molecule has 32 heavy (non-hydrogen) atoms. The Morgan fingerprint density at radius 2 is 1.28 bits per heavy atom. The van der Waals surface area contributed by atoms with Gasteiger partial charge in [-0.1, -0.05) is 91.0 Å².